The molecule has 3 nitrogen and oxygen atoms in total. The summed E-state index contributed by atoms with van der Waals surface area (Å²) >= 11 is 0. The van der Waals surface area contributed by atoms with Gasteiger partial charge < -0.3 is 4.74 Å². The minimum absolute atomic E-state index is 0.184. The monoisotopic (exact) mass is 382 g/mol. The molecule has 1 aliphatic rings. The molecule has 0 saturated carbocycles. The van der Waals surface area contributed by atoms with Gasteiger partial charge >= 0.3 is 0 Å². The molecule has 4 rings (SSSR count). The summed E-state index contributed by atoms with van der Waals surface area (Å²) in [5.74, 6) is -0.376. The lowest BCUT2D eigenvalue weighted by molar-refractivity contribution is 0.0486. The fourth-order valence-electron chi connectivity index (χ4n) is 3.98. The van der Waals surface area contributed by atoms with Gasteiger partial charge in [0.2, 0.25) is 0 Å². The normalized spacial score (nSPS) is 13.8. The quantitative estimate of drug-likeness (QED) is 0.623. The summed E-state index contributed by atoms with van der Waals surface area (Å²) < 4.78 is 6.12. The van der Waals surface area contributed by atoms with Crippen molar-refractivity contribution < 1.29 is 14.3 Å². The number of ether oxygens (including phenoxy) is 1. The number of rotatable bonds is 4. The van der Waals surface area contributed by atoms with Crippen molar-refractivity contribution in [3.8, 4) is 0 Å². The Morgan fingerprint density at radius 2 is 1.17 bits per heavy atom. The Labute approximate surface area is 170 Å². The van der Waals surface area contributed by atoms with E-state index >= 15 is 0 Å². The first-order chi connectivity index (χ1) is 14.0. The number of allylic oxidation sites excluding steroid dienone is 1. The van der Waals surface area contributed by atoms with E-state index in [1.54, 1.807) is 31.4 Å². The van der Waals surface area contributed by atoms with Crippen LogP contribution >= 0.6 is 0 Å². The van der Waals surface area contributed by atoms with Crippen molar-refractivity contribution in [3.63, 3.8) is 0 Å². The fourth-order valence-corrected chi connectivity index (χ4v) is 3.98. The highest BCUT2D eigenvalue weighted by molar-refractivity contribution is 6.25. The predicted octanol–water partition coefficient (Wildman–Crippen LogP) is 5.20. The SMILES string of the molecule is COC(C1=CC(=O)c2ccccc2C1=O)(c1ccc(C)cc1)c1ccc(C)cc1. The van der Waals surface area contributed by atoms with Crippen molar-refractivity contribution >= 4 is 11.6 Å². The number of hydrogen-bond donors (Lipinski definition) is 0. The molecule has 0 atom stereocenters. The third-order valence-corrected chi connectivity index (χ3v) is 5.56. The molecule has 0 saturated heterocycles. The van der Waals surface area contributed by atoms with Crippen LogP contribution in [-0.2, 0) is 10.3 Å². The van der Waals surface area contributed by atoms with Gasteiger partial charge in [0, 0.05) is 23.8 Å². The first-order valence-corrected chi connectivity index (χ1v) is 9.57. The number of Topliss-reactive ketones (excluding diaryl/α,β-unsaturated/α-hetero) is 1. The smallest absolute Gasteiger partial charge is 0.193 e. The molecule has 0 aliphatic heterocycles. The van der Waals surface area contributed by atoms with Gasteiger partial charge in [-0.3, -0.25) is 9.59 Å². The van der Waals surface area contributed by atoms with Gasteiger partial charge in [-0.25, -0.2) is 0 Å². The highest BCUT2D eigenvalue weighted by Crippen LogP contribution is 2.43. The van der Waals surface area contributed by atoms with Crippen LogP contribution in [-0.4, -0.2) is 18.7 Å². The van der Waals surface area contributed by atoms with Gasteiger partial charge in [0.25, 0.3) is 0 Å². The van der Waals surface area contributed by atoms with Crippen LogP contribution in [0.4, 0.5) is 0 Å². The second-order valence-corrected chi connectivity index (χ2v) is 7.41. The van der Waals surface area contributed by atoms with Crippen LogP contribution in [0.3, 0.4) is 0 Å². The molecule has 0 amide bonds. The summed E-state index contributed by atoms with van der Waals surface area (Å²) in [7, 11) is 1.58. The van der Waals surface area contributed by atoms with Crippen LogP contribution in [0.25, 0.3) is 0 Å². The van der Waals surface area contributed by atoms with Crippen molar-refractivity contribution in [2.45, 2.75) is 19.4 Å². The largest absolute Gasteiger partial charge is 0.364 e. The Morgan fingerprint density at radius 3 is 1.66 bits per heavy atom. The van der Waals surface area contributed by atoms with E-state index in [9.17, 15) is 9.59 Å². The van der Waals surface area contributed by atoms with Crippen LogP contribution in [0.5, 0.6) is 0 Å². The summed E-state index contributed by atoms with van der Waals surface area (Å²) in [6.07, 6.45) is 1.44. The zero-order valence-corrected chi connectivity index (χ0v) is 16.7. The Balaban J connectivity index is 2.01. The number of hydrogen-bond acceptors (Lipinski definition) is 3. The van der Waals surface area contributed by atoms with Crippen LogP contribution in [0, 0.1) is 13.8 Å². The van der Waals surface area contributed by atoms with E-state index in [-0.39, 0.29) is 11.6 Å². The second kappa shape index (κ2) is 7.26. The number of aryl methyl sites for hydroxylation is 2. The van der Waals surface area contributed by atoms with E-state index in [1.807, 2.05) is 62.4 Å². The summed E-state index contributed by atoms with van der Waals surface area (Å²) in [6.45, 7) is 4.02. The zero-order valence-electron chi connectivity index (χ0n) is 16.7. The Bertz CT molecular complexity index is 1070. The first kappa shape index (κ1) is 19.0. The van der Waals surface area contributed by atoms with E-state index in [1.165, 1.54) is 6.08 Å². The van der Waals surface area contributed by atoms with Crippen molar-refractivity contribution in [3.05, 3.63) is 118 Å². The van der Waals surface area contributed by atoms with Gasteiger partial charge in [-0.1, -0.05) is 83.9 Å². The number of methoxy groups -OCH3 is 1. The second-order valence-electron chi connectivity index (χ2n) is 7.41. The van der Waals surface area contributed by atoms with Crippen molar-refractivity contribution in [2.75, 3.05) is 7.11 Å². The van der Waals surface area contributed by atoms with Gasteiger partial charge in [0.05, 0.1) is 0 Å². The third-order valence-electron chi connectivity index (χ3n) is 5.56. The lowest BCUT2D eigenvalue weighted by Crippen LogP contribution is -2.38. The van der Waals surface area contributed by atoms with Crippen molar-refractivity contribution in [1.29, 1.82) is 0 Å². The van der Waals surface area contributed by atoms with E-state index in [2.05, 4.69) is 0 Å². The summed E-state index contributed by atoms with van der Waals surface area (Å²) in [5, 5.41) is 0. The number of carbonyl (C=O) groups excluding carboxylic acids is 2. The minimum Gasteiger partial charge on any atom is -0.364 e. The van der Waals surface area contributed by atoms with E-state index in [0.717, 1.165) is 22.3 Å². The van der Waals surface area contributed by atoms with Gasteiger partial charge in [0.1, 0.15) is 5.60 Å². The molecule has 3 heteroatoms. The molecule has 0 radical (unpaired) electrons. The summed E-state index contributed by atoms with van der Waals surface area (Å²) in [6, 6.07) is 22.7. The molecule has 144 valence electrons. The Hall–Kier alpha value is -3.30. The lowest BCUT2D eigenvalue weighted by atomic mass is 9.73. The predicted molar refractivity (Wildman–Crippen MR) is 113 cm³/mol. The van der Waals surface area contributed by atoms with E-state index in [4.69, 9.17) is 4.74 Å². The Kier molecular flexibility index (Phi) is 4.77. The van der Waals surface area contributed by atoms with Gasteiger partial charge in [-0.15, -0.1) is 0 Å². The van der Waals surface area contributed by atoms with Gasteiger partial charge in [0.15, 0.2) is 11.6 Å². The molecule has 0 aromatic heterocycles. The molecule has 29 heavy (non-hydrogen) atoms. The van der Waals surface area contributed by atoms with Gasteiger partial charge in [-0.2, -0.15) is 0 Å². The molecule has 0 heterocycles. The maximum absolute atomic E-state index is 13.5. The Morgan fingerprint density at radius 1 is 0.690 bits per heavy atom. The van der Waals surface area contributed by atoms with Crippen molar-refractivity contribution in [1.82, 2.24) is 0 Å². The highest BCUT2D eigenvalue weighted by atomic mass is 16.5. The molecule has 0 fully saturated rings. The molecule has 1 aliphatic carbocycles. The third kappa shape index (κ3) is 3.04. The molecule has 0 bridgehead atoms. The first-order valence-electron chi connectivity index (χ1n) is 9.57. The topological polar surface area (TPSA) is 43.4 Å². The minimum atomic E-state index is -1.18. The average Bonchev–Trinajstić information content (AvgIpc) is 2.74. The summed E-state index contributed by atoms with van der Waals surface area (Å²) in [5.41, 5.74) is 3.82. The molecule has 3 aromatic rings. The van der Waals surface area contributed by atoms with E-state index in [0.29, 0.717) is 16.7 Å². The molecular formula is C26H22O3. The molecular weight excluding hydrogens is 360 g/mol. The van der Waals surface area contributed by atoms with Crippen LogP contribution in [0.1, 0.15) is 43.0 Å². The van der Waals surface area contributed by atoms with Crippen molar-refractivity contribution in [2.24, 2.45) is 0 Å². The fraction of sp³-hybridized carbons (Fsp3) is 0.154. The number of carbonyl (C=O) groups is 2. The molecule has 3 aromatic carbocycles. The summed E-state index contributed by atoms with van der Waals surface area (Å²) in [4.78, 5) is 26.4. The average molecular weight is 382 g/mol. The molecule has 0 unspecified atom stereocenters. The number of fused-ring (bicyclic) bond motifs is 1. The lowest BCUT2D eigenvalue weighted by Gasteiger charge is -2.37. The highest BCUT2D eigenvalue weighted by Gasteiger charge is 2.44. The van der Waals surface area contributed by atoms with E-state index < -0.39 is 5.60 Å². The molecule has 0 N–H and O–H groups in total. The van der Waals surface area contributed by atoms with Crippen LogP contribution in [0.15, 0.2) is 84.4 Å². The van der Waals surface area contributed by atoms with Gasteiger partial charge in [-0.05, 0) is 31.1 Å². The maximum Gasteiger partial charge on any atom is 0.193 e. The number of ketones is 2. The zero-order chi connectivity index (χ0) is 20.6. The van der Waals surface area contributed by atoms with Crippen LogP contribution < -0.4 is 0 Å². The standard InChI is InChI=1S/C26H22O3/c1-17-8-12-19(13-9-17)26(29-3,20-14-10-18(2)11-15-20)23-16-24(27)21-6-4-5-7-22(21)25(23)28/h4-16H,1-3H3. The maximum atomic E-state index is 13.5. The van der Waals surface area contributed by atoms with Crippen LogP contribution in [0.2, 0.25) is 0 Å². The molecule has 0 spiro atoms. The number of benzene rings is 3.